The van der Waals surface area contributed by atoms with Gasteiger partial charge in [0, 0.05) is 23.6 Å². The quantitative estimate of drug-likeness (QED) is 0.457. The van der Waals surface area contributed by atoms with E-state index in [9.17, 15) is 9.18 Å². The van der Waals surface area contributed by atoms with Gasteiger partial charge < -0.3 is 10.1 Å². The van der Waals surface area contributed by atoms with Gasteiger partial charge in [-0.3, -0.25) is 10.1 Å². The van der Waals surface area contributed by atoms with Crippen LogP contribution in [0.15, 0.2) is 53.5 Å². The Hall–Kier alpha value is -2.97. The van der Waals surface area contributed by atoms with E-state index in [0.29, 0.717) is 23.7 Å². The highest BCUT2D eigenvalue weighted by Gasteiger charge is 2.26. The van der Waals surface area contributed by atoms with Gasteiger partial charge in [0.2, 0.25) is 0 Å². The molecule has 0 aliphatic carbocycles. The van der Waals surface area contributed by atoms with Crippen molar-refractivity contribution in [2.75, 3.05) is 7.11 Å². The van der Waals surface area contributed by atoms with Crippen molar-refractivity contribution in [1.82, 2.24) is 21.5 Å². The first kappa shape index (κ1) is 21.7. The maximum atomic E-state index is 13.2. The number of benzene rings is 2. The summed E-state index contributed by atoms with van der Waals surface area (Å²) in [5, 5.41) is 6.10. The van der Waals surface area contributed by atoms with Crippen molar-refractivity contribution in [2.45, 2.75) is 44.9 Å². The van der Waals surface area contributed by atoms with Gasteiger partial charge in [0.1, 0.15) is 17.7 Å². The Labute approximate surface area is 176 Å². The van der Waals surface area contributed by atoms with Crippen molar-refractivity contribution in [2.24, 2.45) is 4.99 Å². The lowest BCUT2D eigenvalue weighted by molar-refractivity contribution is 0.0975. The maximum absolute atomic E-state index is 13.2. The number of hydrogen-bond acceptors (Lipinski definition) is 5. The summed E-state index contributed by atoms with van der Waals surface area (Å²) in [6, 6.07) is 13.3. The van der Waals surface area contributed by atoms with Gasteiger partial charge >= 0.3 is 0 Å². The third kappa shape index (κ3) is 6.01. The van der Waals surface area contributed by atoms with Crippen molar-refractivity contribution in [3.05, 3.63) is 65.5 Å². The summed E-state index contributed by atoms with van der Waals surface area (Å²) < 4.78 is 18.4. The van der Waals surface area contributed by atoms with Crippen LogP contribution in [0.3, 0.4) is 0 Å². The number of hydrogen-bond donors (Lipinski definition) is 4. The Kier molecular flexibility index (Phi) is 6.69. The zero-order valence-corrected chi connectivity index (χ0v) is 17.6. The molecule has 160 valence electrons. The molecule has 0 saturated carbocycles. The number of aliphatic imine (C=N–C) groups is 1. The Morgan fingerprint density at radius 1 is 1.17 bits per heavy atom. The number of methoxy groups -OCH3 is 1. The molecule has 0 radical (unpaired) electrons. The monoisotopic (exact) mass is 413 g/mol. The molecule has 1 fully saturated rings. The molecule has 0 spiro atoms. The molecule has 8 heteroatoms. The molecule has 3 rings (SSSR count). The van der Waals surface area contributed by atoms with E-state index in [1.54, 1.807) is 43.5 Å². The average molecular weight is 413 g/mol. The van der Waals surface area contributed by atoms with E-state index in [1.165, 1.54) is 12.1 Å². The van der Waals surface area contributed by atoms with Crippen LogP contribution in [0.25, 0.3) is 0 Å². The van der Waals surface area contributed by atoms with Crippen LogP contribution >= 0.6 is 0 Å². The number of nitrogens with one attached hydrogen (secondary N) is 4. The largest absolute Gasteiger partial charge is 0.497 e. The molecule has 2 aromatic rings. The Balaban J connectivity index is 1.73. The van der Waals surface area contributed by atoms with E-state index < -0.39 is 0 Å². The zero-order chi connectivity index (χ0) is 21.7. The van der Waals surface area contributed by atoms with Crippen molar-refractivity contribution in [1.29, 1.82) is 0 Å². The first-order valence-electron chi connectivity index (χ1n) is 9.81. The van der Waals surface area contributed by atoms with E-state index in [2.05, 4.69) is 26.5 Å². The standard InChI is InChI=1S/C22H28FN5O2/c1-22(2,3)26-21(25-20(29)15-6-5-7-17(12-15)30-4)24-19-13-18(27-28-19)14-8-10-16(23)11-9-14/h5-12,18-19,27-28H,13H2,1-4H3,(H2,24,25,26,29). The Morgan fingerprint density at radius 2 is 1.90 bits per heavy atom. The summed E-state index contributed by atoms with van der Waals surface area (Å²) in [5.41, 5.74) is 7.43. The van der Waals surface area contributed by atoms with Crippen LogP contribution in [-0.4, -0.2) is 30.7 Å². The molecule has 1 saturated heterocycles. The number of carbonyl (C=O) groups excluding carboxylic acids is 1. The molecule has 2 aromatic carbocycles. The third-order valence-electron chi connectivity index (χ3n) is 4.50. The summed E-state index contributed by atoms with van der Waals surface area (Å²) >= 11 is 0. The normalized spacial score (nSPS) is 19.4. The van der Waals surface area contributed by atoms with E-state index >= 15 is 0 Å². The topological polar surface area (TPSA) is 86.8 Å². The summed E-state index contributed by atoms with van der Waals surface area (Å²) in [4.78, 5) is 17.4. The first-order chi connectivity index (χ1) is 14.2. The zero-order valence-electron chi connectivity index (χ0n) is 17.6. The predicted molar refractivity (Wildman–Crippen MR) is 115 cm³/mol. The highest BCUT2D eigenvalue weighted by atomic mass is 19.1. The van der Waals surface area contributed by atoms with Gasteiger partial charge in [0.25, 0.3) is 5.91 Å². The predicted octanol–water partition coefficient (Wildman–Crippen LogP) is 2.87. The van der Waals surface area contributed by atoms with E-state index in [1.807, 2.05) is 20.8 Å². The molecule has 1 amide bonds. The first-order valence-corrected chi connectivity index (χ1v) is 9.81. The number of rotatable bonds is 4. The molecule has 0 aromatic heterocycles. The number of carbonyl (C=O) groups is 1. The van der Waals surface area contributed by atoms with Crippen molar-refractivity contribution in [3.63, 3.8) is 0 Å². The number of amides is 1. The Bertz CT molecular complexity index is 908. The van der Waals surface area contributed by atoms with Gasteiger partial charge in [0.05, 0.1) is 7.11 Å². The lowest BCUT2D eigenvalue weighted by Crippen LogP contribution is -2.50. The Morgan fingerprint density at radius 3 is 2.57 bits per heavy atom. The van der Waals surface area contributed by atoms with Gasteiger partial charge in [-0.05, 0) is 56.7 Å². The molecular weight excluding hydrogens is 385 g/mol. The second kappa shape index (κ2) is 9.23. The fraction of sp³-hybridized carbons (Fsp3) is 0.364. The second-order valence-electron chi connectivity index (χ2n) is 8.18. The van der Waals surface area contributed by atoms with Crippen LogP contribution < -0.4 is 26.2 Å². The van der Waals surface area contributed by atoms with Gasteiger partial charge in [-0.2, -0.15) is 0 Å². The van der Waals surface area contributed by atoms with Crippen LogP contribution in [0.1, 0.15) is 49.2 Å². The lowest BCUT2D eigenvalue weighted by Gasteiger charge is -2.24. The third-order valence-corrected chi connectivity index (χ3v) is 4.50. The fourth-order valence-electron chi connectivity index (χ4n) is 3.09. The summed E-state index contributed by atoms with van der Waals surface area (Å²) in [7, 11) is 1.56. The molecule has 0 bridgehead atoms. The highest BCUT2D eigenvalue weighted by Crippen LogP contribution is 2.23. The number of nitrogens with zero attached hydrogens (tertiary/aromatic N) is 1. The van der Waals surface area contributed by atoms with Crippen LogP contribution in [0.4, 0.5) is 4.39 Å². The van der Waals surface area contributed by atoms with Crippen molar-refractivity contribution in [3.8, 4) is 5.75 Å². The van der Waals surface area contributed by atoms with E-state index in [4.69, 9.17) is 4.74 Å². The summed E-state index contributed by atoms with van der Waals surface area (Å²) in [5.74, 6) is 0.421. The maximum Gasteiger partial charge on any atom is 0.258 e. The van der Waals surface area contributed by atoms with Crippen LogP contribution in [-0.2, 0) is 0 Å². The minimum absolute atomic E-state index is 0.00989. The van der Waals surface area contributed by atoms with Crippen LogP contribution in [0.2, 0.25) is 0 Å². The van der Waals surface area contributed by atoms with E-state index in [0.717, 1.165) is 5.56 Å². The van der Waals surface area contributed by atoms with Gasteiger partial charge in [-0.1, -0.05) is 18.2 Å². The molecule has 7 nitrogen and oxygen atoms in total. The molecule has 30 heavy (non-hydrogen) atoms. The van der Waals surface area contributed by atoms with Crippen LogP contribution in [0, 0.1) is 5.82 Å². The minimum atomic E-state index is -0.303. The second-order valence-corrected chi connectivity index (χ2v) is 8.18. The number of halogens is 1. The minimum Gasteiger partial charge on any atom is -0.497 e. The lowest BCUT2D eigenvalue weighted by atomic mass is 10.0. The molecule has 1 aliphatic rings. The number of guanidine groups is 1. The van der Waals surface area contributed by atoms with Crippen LogP contribution in [0.5, 0.6) is 5.75 Å². The smallest absolute Gasteiger partial charge is 0.258 e. The molecule has 1 aliphatic heterocycles. The summed E-state index contributed by atoms with van der Waals surface area (Å²) in [6.07, 6.45) is 0.381. The molecular formula is C22H28FN5O2. The average Bonchev–Trinajstić information content (AvgIpc) is 3.15. The molecule has 4 N–H and O–H groups in total. The highest BCUT2D eigenvalue weighted by molar-refractivity contribution is 6.06. The number of hydrazine groups is 1. The molecule has 1 heterocycles. The van der Waals surface area contributed by atoms with Gasteiger partial charge in [-0.25, -0.2) is 20.2 Å². The van der Waals surface area contributed by atoms with Crippen molar-refractivity contribution >= 4 is 11.9 Å². The fourth-order valence-corrected chi connectivity index (χ4v) is 3.09. The van der Waals surface area contributed by atoms with Gasteiger partial charge in [0.15, 0.2) is 5.96 Å². The summed E-state index contributed by atoms with van der Waals surface area (Å²) in [6.45, 7) is 5.96. The SMILES string of the molecule is COc1cccc(C(=O)NC(=NC2CC(c3ccc(F)cc3)NN2)NC(C)(C)C)c1. The van der Waals surface area contributed by atoms with E-state index in [-0.39, 0.29) is 29.5 Å². The van der Waals surface area contributed by atoms with Gasteiger partial charge in [-0.15, -0.1) is 0 Å². The molecule has 2 atom stereocenters. The number of ether oxygens (including phenoxy) is 1. The van der Waals surface area contributed by atoms with Crippen molar-refractivity contribution < 1.29 is 13.9 Å². The molecule has 2 unspecified atom stereocenters.